The second-order valence-corrected chi connectivity index (χ2v) is 11.3. The molecule has 0 N–H and O–H groups in total. The molecule has 0 saturated carbocycles. The van der Waals surface area contributed by atoms with Crippen LogP contribution in [0, 0.1) is 19.8 Å². The van der Waals surface area contributed by atoms with E-state index >= 15 is 0 Å². The number of piperidine rings is 1. The molecule has 0 aliphatic carbocycles. The molecule has 0 unspecified atom stereocenters. The van der Waals surface area contributed by atoms with Crippen LogP contribution in [0.2, 0.25) is 0 Å². The van der Waals surface area contributed by atoms with E-state index in [4.69, 9.17) is 0 Å². The molecule has 2 saturated heterocycles. The minimum absolute atomic E-state index is 0.0768. The zero-order valence-corrected chi connectivity index (χ0v) is 20.6. The molecule has 7 heteroatoms. The predicted octanol–water partition coefficient (Wildman–Crippen LogP) is 3.09. The summed E-state index contributed by atoms with van der Waals surface area (Å²) in [4.78, 5) is 17.8. The number of carbonyl (C=O) groups excluding carboxylic acids is 1. The molecular weight excluding hydrogens is 434 g/mol. The maximum atomic E-state index is 13.1. The first-order valence-electron chi connectivity index (χ1n) is 12.0. The van der Waals surface area contributed by atoms with Crippen molar-refractivity contribution in [1.29, 1.82) is 0 Å². The van der Waals surface area contributed by atoms with Gasteiger partial charge in [0.25, 0.3) is 0 Å². The molecule has 0 atom stereocenters. The smallest absolute Gasteiger partial charge is 0.243 e. The van der Waals surface area contributed by atoms with Crippen LogP contribution >= 0.6 is 0 Å². The van der Waals surface area contributed by atoms with Gasteiger partial charge in [-0.3, -0.25) is 9.69 Å². The van der Waals surface area contributed by atoms with Crippen molar-refractivity contribution in [3.8, 4) is 0 Å². The summed E-state index contributed by atoms with van der Waals surface area (Å²) in [6.07, 6.45) is 2.22. The fourth-order valence-electron chi connectivity index (χ4n) is 4.75. The van der Waals surface area contributed by atoms with Crippen LogP contribution in [0.5, 0.6) is 0 Å². The zero-order valence-electron chi connectivity index (χ0n) is 19.7. The van der Waals surface area contributed by atoms with Crippen LogP contribution in [0.3, 0.4) is 0 Å². The summed E-state index contributed by atoms with van der Waals surface area (Å²) in [5, 5.41) is 0. The van der Waals surface area contributed by atoms with E-state index in [1.165, 1.54) is 5.56 Å². The average molecular weight is 470 g/mol. The van der Waals surface area contributed by atoms with Gasteiger partial charge in [-0.1, -0.05) is 36.4 Å². The molecule has 6 nitrogen and oxygen atoms in total. The lowest BCUT2D eigenvalue weighted by Gasteiger charge is -2.38. The van der Waals surface area contributed by atoms with E-state index < -0.39 is 10.0 Å². The number of rotatable bonds is 6. The van der Waals surface area contributed by atoms with E-state index in [0.29, 0.717) is 30.8 Å². The second kappa shape index (κ2) is 10.4. The van der Waals surface area contributed by atoms with Gasteiger partial charge in [-0.05, 0) is 61.9 Å². The van der Waals surface area contributed by atoms with E-state index in [-0.39, 0.29) is 11.8 Å². The van der Waals surface area contributed by atoms with Gasteiger partial charge in [-0.2, -0.15) is 4.31 Å². The Balaban J connectivity index is 1.25. The van der Waals surface area contributed by atoms with Crippen molar-refractivity contribution in [2.45, 2.75) is 38.0 Å². The first-order chi connectivity index (χ1) is 15.8. The van der Waals surface area contributed by atoms with Crippen molar-refractivity contribution < 1.29 is 13.2 Å². The molecule has 0 radical (unpaired) electrons. The number of amides is 1. The van der Waals surface area contributed by atoms with E-state index in [1.807, 2.05) is 30.9 Å². The third-order valence-corrected chi connectivity index (χ3v) is 9.06. The molecular formula is C26H35N3O3S. The quantitative estimate of drug-likeness (QED) is 0.652. The maximum Gasteiger partial charge on any atom is 0.243 e. The number of carbonyl (C=O) groups is 1. The molecule has 33 heavy (non-hydrogen) atoms. The molecule has 0 aromatic heterocycles. The summed E-state index contributed by atoms with van der Waals surface area (Å²) in [6, 6.07) is 15.8. The zero-order chi connectivity index (χ0) is 23.4. The lowest BCUT2D eigenvalue weighted by atomic mass is 9.96. The largest absolute Gasteiger partial charge is 0.340 e. The number of nitrogens with zero attached hydrogens (tertiary/aromatic N) is 3. The lowest BCUT2D eigenvalue weighted by molar-refractivity contribution is -0.138. The summed E-state index contributed by atoms with van der Waals surface area (Å²) in [6.45, 7) is 9.06. The van der Waals surface area contributed by atoms with Crippen LogP contribution in [0.25, 0.3) is 0 Å². The Morgan fingerprint density at radius 1 is 0.879 bits per heavy atom. The molecule has 0 spiro atoms. The predicted molar refractivity (Wildman–Crippen MR) is 131 cm³/mol. The fraction of sp³-hybridized carbons (Fsp3) is 0.500. The Morgan fingerprint density at radius 3 is 2.18 bits per heavy atom. The topological polar surface area (TPSA) is 60.9 Å². The van der Waals surface area contributed by atoms with Crippen LogP contribution in [-0.4, -0.2) is 74.2 Å². The number of aryl methyl sites for hydroxylation is 2. The van der Waals surface area contributed by atoms with Gasteiger partial charge in [0.15, 0.2) is 0 Å². The van der Waals surface area contributed by atoms with Crippen LogP contribution in [-0.2, 0) is 21.2 Å². The van der Waals surface area contributed by atoms with E-state index in [2.05, 4.69) is 29.2 Å². The van der Waals surface area contributed by atoms with Crippen molar-refractivity contribution in [3.63, 3.8) is 0 Å². The van der Waals surface area contributed by atoms with Crippen molar-refractivity contribution >= 4 is 15.9 Å². The standard InChI is InChI=1S/C26H35N3O3S/c1-21-8-9-25(20-22(21)2)33(31,32)29-14-11-24(12-15-29)26(30)28-18-16-27(17-19-28)13-10-23-6-4-3-5-7-23/h3-9,20,24H,10-19H2,1-2H3. The third kappa shape index (κ3) is 5.65. The van der Waals surface area contributed by atoms with E-state index in [9.17, 15) is 13.2 Å². The van der Waals surface area contributed by atoms with Gasteiger partial charge < -0.3 is 4.90 Å². The van der Waals surface area contributed by atoms with Gasteiger partial charge in [0.1, 0.15) is 0 Å². The number of benzene rings is 2. The first kappa shape index (κ1) is 23.9. The van der Waals surface area contributed by atoms with Crippen molar-refractivity contribution in [2.75, 3.05) is 45.8 Å². The summed E-state index contributed by atoms with van der Waals surface area (Å²) < 4.78 is 27.7. The lowest BCUT2D eigenvalue weighted by Crippen LogP contribution is -2.52. The van der Waals surface area contributed by atoms with Crippen LogP contribution < -0.4 is 0 Å². The number of hydrogen-bond donors (Lipinski definition) is 0. The van der Waals surface area contributed by atoms with Gasteiger partial charge >= 0.3 is 0 Å². The Morgan fingerprint density at radius 2 is 1.55 bits per heavy atom. The molecule has 2 heterocycles. The van der Waals surface area contributed by atoms with E-state index in [0.717, 1.165) is 50.3 Å². The van der Waals surface area contributed by atoms with Gasteiger partial charge in [-0.15, -0.1) is 0 Å². The molecule has 2 aliphatic rings. The summed E-state index contributed by atoms with van der Waals surface area (Å²) in [7, 11) is -3.51. The highest BCUT2D eigenvalue weighted by molar-refractivity contribution is 7.89. The monoisotopic (exact) mass is 469 g/mol. The normalized spacial score (nSPS) is 19.0. The Labute approximate surface area is 198 Å². The molecule has 2 fully saturated rings. The maximum absolute atomic E-state index is 13.1. The summed E-state index contributed by atoms with van der Waals surface area (Å²) in [5.74, 6) is 0.119. The molecule has 178 valence electrons. The molecule has 2 aliphatic heterocycles. The number of piperazine rings is 1. The fourth-order valence-corrected chi connectivity index (χ4v) is 6.30. The minimum atomic E-state index is -3.51. The highest BCUT2D eigenvalue weighted by Gasteiger charge is 2.34. The first-order valence-corrected chi connectivity index (χ1v) is 13.4. The van der Waals surface area contributed by atoms with Crippen LogP contribution in [0.4, 0.5) is 0 Å². The molecule has 2 aromatic carbocycles. The Kier molecular flexibility index (Phi) is 7.51. The number of hydrogen-bond acceptors (Lipinski definition) is 4. The van der Waals surface area contributed by atoms with Crippen LogP contribution in [0.15, 0.2) is 53.4 Å². The molecule has 0 bridgehead atoms. The number of sulfonamides is 1. The van der Waals surface area contributed by atoms with Crippen molar-refractivity contribution in [3.05, 3.63) is 65.2 Å². The summed E-state index contributed by atoms with van der Waals surface area (Å²) >= 11 is 0. The van der Waals surface area contributed by atoms with Crippen LogP contribution in [0.1, 0.15) is 29.5 Å². The van der Waals surface area contributed by atoms with Gasteiger partial charge in [0.05, 0.1) is 4.90 Å². The highest BCUT2D eigenvalue weighted by atomic mass is 32.2. The van der Waals surface area contributed by atoms with Gasteiger partial charge in [0, 0.05) is 51.7 Å². The van der Waals surface area contributed by atoms with Gasteiger partial charge in [-0.25, -0.2) is 8.42 Å². The van der Waals surface area contributed by atoms with Gasteiger partial charge in [0.2, 0.25) is 15.9 Å². The van der Waals surface area contributed by atoms with Crippen molar-refractivity contribution in [2.24, 2.45) is 5.92 Å². The third-order valence-electron chi connectivity index (χ3n) is 7.16. The molecule has 1 amide bonds. The minimum Gasteiger partial charge on any atom is -0.340 e. The Hall–Kier alpha value is -2.22. The average Bonchev–Trinajstić information content (AvgIpc) is 2.85. The summed E-state index contributed by atoms with van der Waals surface area (Å²) in [5.41, 5.74) is 3.40. The van der Waals surface area contributed by atoms with E-state index in [1.54, 1.807) is 16.4 Å². The SMILES string of the molecule is Cc1ccc(S(=O)(=O)N2CCC(C(=O)N3CCN(CCc4ccccc4)CC3)CC2)cc1C. The highest BCUT2D eigenvalue weighted by Crippen LogP contribution is 2.26. The second-order valence-electron chi connectivity index (χ2n) is 9.33. The molecule has 2 aromatic rings. The van der Waals surface area contributed by atoms with Crippen molar-refractivity contribution in [1.82, 2.24) is 14.1 Å². The molecule has 4 rings (SSSR count). The Bertz CT molecular complexity index is 1060.